The zero-order chi connectivity index (χ0) is 22.1. The Labute approximate surface area is 184 Å². The van der Waals surface area contributed by atoms with Gasteiger partial charge >= 0.3 is 12.1 Å². The first-order chi connectivity index (χ1) is 15.0. The van der Waals surface area contributed by atoms with Crippen LogP contribution in [0.2, 0.25) is 0 Å². The molecule has 0 radical (unpaired) electrons. The normalized spacial score (nSPS) is 19.4. The topological polar surface area (TPSA) is 103 Å². The Kier molecular flexibility index (Phi) is 8.55. The first-order valence-electron chi connectivity index (χ1n) is 11.6. The number of urea groups is 2. The molecular formula is C23H35N5O3. The summed E-state index contributed by atoms with van der Waals surface area (Å²) in [4.78, 5) is 38.8. The molecule has 31 heavy (non-hydrogen) atoms. The minimum atomic E-state index is -0.246. The summed E-state index contributed by atoms with van der Waals surface area (Å²) >= 11 is 0. The summed E-state index contributed by atoms with van der Waals surface area (Å²) in [5, 5.41) is 11.6. The van der Waals surface area contributed by atoms with E-state index in [2.05, 4.69) is 21.3 Å². The van der Waals surface area contributed by atoms with Gasteiger partial charge in [0.15, 0.2) is 0 Å². The number of likely N-dealkylation sites (tertiary alicyclic amines) is 1. The molecule has 1 unspecified atom stereocenters. The lowest BCUT2D eigenvalue weighted by Crippen LogP contribution is -2.48. The van der Waals surface area contributed by atoms with Crippen LogP contribution < -0.4 is 21.3 Å². The van der Waals surface area contributed by atoms with Gasteiger partial charge in [0, 0.05) is 37.1 Å². The third kappa shape index (κ3) is 7.15. The van der Waals surface area contributed by atoms with Gasteiger partial charge in [-0.05, 0) is 56.4 Å². The molecule has 1 heterocycles. The Morgan fingerprint density at radius 2 is 1.61 bits per heavy atom. The Morgan fingerprint density at radius 3 is 2.29 bits per heavy atom. The van der Waals surface area contributed by atoms with Crippen molar-refractivity contribution < 1.29 is 14.4 Å². The number of nitrogens with one attached hydrogen (secondary N) is 4. The third-order valence-electron chi connectivity index (χ3n) is 5.96. The number of benzene rings is 1. The average Bonchev–Trinajstić information content (AvgIpc) is 2.79. The number of carbonyl (C=O) groups is 3. The monoisotopic (exact) mass is 429 g/mol. The summed E-state index contributed by atoms with van der Waals surface area (Å²) < 4.78 is 0. The van der Waals surface area contributed by atoms with Crippen molar-refractivity contribution in [2.24, 2.45) is 5.92 Å². The highest BCUT2D eigenvalue weighted by Crippen LogP contribution is 2.22. The molecule has 2 fully saturated rings. The zero-order valence-electron chi connectivity index (χ0n) is 18.4. The van der Waals surface area contributed by atoms with E-state index in [1.165, 1.54) is 19.3 Å². The van der Waals surface area contributed by atoms with Gasteiger partial charge in [0.2, 0.25) is 5.91 Å². The van der Waals surface area contributed by atoms with Crippen LogP contribution >= 0.6 is 0 Å². The van der Waals surface area contributed by atoms with E-state index in [-0.39, 0.29) is 23.9 Å². The van der Waals surface area contributed by atoms with Crippen LogP contribution in [0.3, 0.4) is 0 Å². The fraction of sp³-hybridized carbons (Fsp3) is 0.609. The van der Waals surface area contributed by atoms with Crippen molar-refractivity contribution in [2.75, 3.05) is 30.3 Å². The van der Waals surface area contributed by atoms with Gasteiger partial charge in [-0.1, -0.05) is 26.2 Å². The number of rotatable bonds is 6. The van der Waals surface area contributed by atoms with Crippen LogP contribution in [0.1, 0.15) is 58.3 Å². The van der Waals surface area contributed by atoms with Gasteiger partial charge in [0.25, 0.3) is 0 Å². The third-order valence-corrected chi connectivity index (χ3v) is 5.96. The first kappa shape index (κ1) is 22.9. The van der Waals surface area contributed by atoms with Gasteiger partial charge in [-0.25, -0.2) is 9.59 Å². The SMILES string of the molecule is CCCNC(=O)Nc1ccc(NC(=O)N2CCCC(C(=O)NC3CCCCC3)C2)cc1. The molecular weight excluding hydrogens is 394 g/mol. The van der Waals surface area contributed by atoms with Crippen LogP contribution in [0.15, 0.2) is 24.3 Å². The molecule has 0 aromatic heterocycles. The summed E-state index contributed by atoms with van der Waals surface area (Å²) in [7, 11) is 0. The zero-order valence-corrected chi connectivity index (χ0v) is 18.4. The molecule has 3 rings (SSSR count). The van der Waals surface area contributed by atoms with Gasteiger partial charge in [0.05, 0.1) is 5.92 Å². The van der Waals surface area contributed by atoms with E-state index in [1.54, 1.807) is 29.2 Å². The van der Waals surface area contributed by atoms with Crippen molar-refractivity contribution in [3.05, 3.63) is 24.3 Å². The standard InChI is InChI=1S/C23H35N5O3/c1-2-14-24-22(30)26-19-10-12-20(13-11-19)27-23(31)28-15-6-7-17(16-28)21(29)25-18-8-4-3-5-9-18/h10-13,17-18H,2-9,14-16H2,1H3,(H,25,29)(H,27,31)(H2,24,26,30). The average molecular weight is 430 g/mol. The van der Waals surface area contributed by atoms with Crippen molar-refractivity contribution in [2.45, 2.75) is 64.3 Å². The summed E-state index contributed by atoms with van der Waals surface area (Å²) in [5.41, 5.74) is 1.31. The molecule has 8 nitrogen and oxygen atoms in total. The van der Waals surface area contributed by atoms with Crippen LogP contribution in [-0.4, -0.2) is 48.5 Å². The maximum Gasteiger partial charge on any atom is 0.321 e. The molecule has 1 aliphatic heterocycles. The molecule has 2 aliphatic rings. The Balaban J connectivity index is 1.47. The highest BCUT2D eigenvalue weighted by atomic mass is 16.2. The highest BCUT2D eigenvalue weighted by molar-refractivity contribution is 5.92. The molecule has 1 saturated heterocycles. The lowest BCUT2D eigenvalue weighted by Gasteiger charge is -2.33. The second-order valence-electron chi connectivity index (χ2n) is 8.52. The van der Waals surface area contributed by atoms with Crippen LogP contribution in [-0.2, 0) is 4.79 Å². The Morgan fingerprint density at radius 1 is 0.935 bits per heavy atom. The van der Waals surface area contributed by atoms with Crippen LogP contribution in [0, 0.1) is 5.92 Å². The maximum absolute atomic E-state index is 12.7. The number of amides is 5. The molecule has 1 aromatic rings. The smallest absolute Gasteiger partial charge is 0.321 e. The van der Waals surface area contributed by atoms with Gasteiger partial charge in [-0.15, -0.1) is 0 Å². The highest BCUT2D eigenvalue weighted by Gasteiger charge is 2.29. The predicted octanol–water partition coefficient (Wildman–Crippen LogP) is 3.91. The van der Waals surface area contributed by atoms with E-state index in [4.69, 9.17) is 0 Å². The van der Waals surface area contributed by atoms with Crippen LogP contribution in [0.5, 0.6) is 0 Å². The summed E-state index contributed by atoms with van der Waals surface area (Å²) in [6, 6.07) is 6.85. The van der Waals surface area contributed by atoms with E-state index in [0.717, 1.165) is 32.1 Å². The van der Waals surface area contributed by atoms with E-state index >= 15 is 0 Å². The van der Waals surface area contributed by atoms with Gasteiger partial charge in [-0.3, -0.25) is 4.79 Å². The minimum absolute atomic E-state index is 0.0844. The molecule has 1 aromatic carbocycles. The van der Waals surface area contributed by atoms with Crippen molar-refractivity contribution in [1.82, 2.24) is 15.5 Å². The lowest BCUT2D eigenvalue weighted by atomic mass is 9.93. The van der Waals surface area contributed by atoms with Crippen LogP contribution in [0.4, 0.5) is 21.0 Å². The largest absolute Gasteiger partial charge is 0.353 e. The molecule has 170 valence electrons. The summed E-state index contributed by atoms with van der Waals surface area (Å²) in [6.07, 6.45) is 8.27. The van der Waals surface area contributed by atoms with Crippen molar-refractivity contribution >= 4 is 29.3 Å². The number of nitrogens with zero attached hydrogens (tertiary/aromatic N) is 1. The summed E-state index contributed by atoms with van der Waals surface area (Å²) in [6.45, 7) is 3.71. The minimum Gasteiger partial charge on any atom is -0.353 e. The van der Waals surface area contributed by atoms with Crippen LogP contribution in [0.25, 0.3) is 0 Å². The van der Waals surface area contributed by atoms with Crippen molar-refractivity contribution in [3.8, 4) is 0 Å². The number of piperidine rings is 1. The Hall–Kier alpha value is -2.77. The number of hydrogen-bond acceptors (Lipinski definition) is 3. The number of hydrogen-bond donors (Lipinski definition) is 4. The predicted molar refractivity (Wildman–Crippen MR) is 122 cm³/mol. The number of anilines is 2. The van der Waals surface area contributed by atoms with Crippen molar-refractivity contribution in [3.63, 3.8) is 0 Å². The molecule has 0 spiro atoms. The fourth-order valence-corrected chi connectivity index (χ4v) is 4.19. The number of carbonyl (C=O) groups excluding carboxylic acids is 3. The maximum atomic E-state index is 12.7. The van der Waals surface area contributed by atoms with E-state index in [1.807, 2.05) is 6.92 Å². The molecule has 1 saturated carbocycles. The second kappa shape index (κ2) is 11.6. The van der Waals surface area contributed by atoms with Gasteiger partial charge in [-0.2, -0.15) is 0 Å². The molecule has 1 aliphatic carbocycles. The second-order valence-corrected chi connectivity index (χ2v) is 8.52. The lowest BCUT2D eigenvalue weighted by molar-refractivity contribution is -0.127. The van der Waals surface area contributed by atoms with E-state index in [9.17, 15) is 14.4 Å². The quantitative estimate of drug-likeness (QED) is 0.551. The Bertz CT molecular complexity index is 746. The van der Waals surface area contributed by atoms with E-state index < -0.39 is 0 Å². The molecule has 0 bridgehead atoms. The van der Waals surface area contributed by atoms with E-state index in [0.29, 0.717) is 37.1 Å². The molecule has 8 heteroatoms. The summed E-state index contributed by atoms with van der Waals surface area (Å²) in [5.74, 6) is -0.0594. The van der Waals surface area contributed by atoms with Gasteiger partial charge in [0.1, 0.15) is 0 Å². The first-order valence-corrected chi connectivity index (χ1v) is 11.6. The molecule has 5 amide bonds. The van der Waals surface area contributed by atoms with Gasteiger partial charge < -0.3 is 26.2 Å². The fourth-order valence-electron chi connectivity index (χ4n) is 4.19. The molecule has 1 atom stereocenters. The van der Waals surface area contributed by atoms with Crippen molar-refractivity contribution in [1.29, 1.82) is 0 Å². The molecule has 4 N–H and O–H groups in total.